The highest BCUT2D eigenvalue weighted by molar-refractivity contribution is 7.99. The van der Waals surface area contributed by atoms with Crippen molar-refractivity contribution < 1.29 is 9.59 Å². The van der Waals surface area contributed by atoms with Crippen LogP contribution >= 0.6 is 11.8 Å². The summed E-state index contributed by atoms with van der Waals surface area (Å²) in [6.45, 7) is 7.77. The summed E-state index contributed by atoms with van der Waals surface area (Å²) in [5.74, 6) is 2.51. The molecule has 162 valence electrons. The fourth-order valence-electron chi connectivity index (χ4n) is 3.80. The van der Waals surface area contributed by atoms with Crippen molar-refractivity contribution in [3.05, 3.63) is 59.4 Å². The van der Waals surface area contributed by atoms with E-state index in [1.54, 1.807) is 0 Å². The van der Waals surface area contributed by atoms with Crippen LogP contribution < -0.4 is 5.32 Å². The molecule has 0 saturated carbocycles. The molecule has 31 heavy (non-hydrogen) atoms. The Bertz CT molecular complexity index is 1100. The van der Waals surface area contributed by atoms with Gasteiger partial charge in [-0.15, -0.1) is 0 Å². The van der Waals surface area contributed by atoms with E-state index in [1.165, 1.54) is 0 Å². The van der Waals surface area contributed by atoms with Gasteiger partial charge in [0.2, 0.25) is 5.91 Å². The van der Waals surface area contributed by atoms with Crippen molar-refractivity contribution in [3.8, 4) is 0 Å². The van der Waals surface area contributed by atoms with Gasteiger partial charge in [0.05, 0.1) is 16.6 Å². The zero-order valence-electron chi connectivity index (χ0n) is 18.2. The Balaban J connectivity index is 1.82. The number of rotatable bonds is 5. The number of fused-ring (bicyclic) bond motifs is 1. The van der Waals surface area contributed by atoms with Crippen molar-refractivity contribution in [2.45, 2.75) is 27.3 Å². The lowest BCUT2D eigenvalue weighted by molar-refractivity contribution is -0.118. The van der Waals surface area contributed by atoms with Gasteiger partial charge in [0.25, 0.3) is 5.91 Å². The van der Waals surface area contributed by atoms with Gasteiger partial charge in [-0.25, -0.2) is 4.98 Å². The van der Waals surface area contributed by atoms with Crippen molar-refractivity contribution in [3.63, 3.8) is 0 Å². The number of carbonyl (C=O) groups is 2. The first-order valence-electron chi connectivity index (χ1n) is 10.7. The van der Waals surface area contributed by atoms with Crippen LogP contribution in [0, 0.1) is 12.8 Å². The van der Waals surface area contributed by atoms with Gasteiger partial charge in [0.1, 0.15) is 5.82 Å². The zero-order chi connectivity index (χ0) is 22.0. The van der Waals surface area contributed by atoms with Gasteiger partial charge < -0.3 is 14.8 Å². The topological polar surface area (TPSA) is 67.2 Å². The summed E-state index contributed by atoms with van der Waals surface area (Å²) >= 11 is 1.87. The molecule has 7 heteroatoms. The molecule has 0 aliphatic carbocycles. The number of hydrogen-bond acceptors (Lipinski definition) is 4. The second kappa shape index (κ2) is 9.14. The second-order valence-electron chi connectivity index (χ2n) is 8.17. The van der Waals surface area contributed by atoms with Crippen LogP contribution in [-0.4, -0.2) is 50.9 Å². The Morgan fingerprint density at radius 3 is 2.52 bits per heavy atom. The molecular formula is C24H28N4O2S. The van der Waals surface area contributed by atoms with E-state index in [0.29, 0.717) is 17.8 Å². The highest BCUT2D eigenvalue weighted by atomic mass is 32.2. The molecule has 1 saturated heterocycles. The Morgan fingerprint density at radius 1 is 1.13 bits per heavy atom. The molecule has 2 aromatic carbocycles. The minimum Gasteiger partial charge on any atom is -0.337 e. The lowest BCUT2D eigenvalue weighted by Crippen LogP contribution is -2.38. The number of anilines is 1. The minimum absolute atomic E-state index is 0.000146. The van der Waals surface area contributed by atoms with Gasteiger partial charge in [-0.05, 0) is 24.6 Å². The molecular weight excluding hydrogens is 408 g/mol. The van der Waals surface area contributed by atoms with Crippen molar-refractivity contribution in [1.82, 2.24) is 14.5 Å². The van der Waals surface area contributed by atoms with Gasteiger partial charge in [0.15, 0.2) is 0 Å². The van der Waals surface area contributed by atoms with Crippen LogP contribution in [0.25, 0.3) is 11.0 Å². The molecule has 0 bridgehead atoms. The van der Waals surface area contributed by atoms with E-state index in [1.807, 2.05) is 67.8 Å². The van der Waals surface area contributed by atoms with Gasteiger partial charge in [0, 0.05) is 42.7 Å². The third kappa shape index (κ3) is 4.61. The quantitative estimate of drug-likeness (QED) is 0.652. The van der Waals surface area contributed by atoms with Gasteiger partial charge >= 0.3 is 0 Å². The molecule has 3 aromatic rings. The number of thioether (sulfide) groups is 1. The van der Waals surface area contributed by atoms with E-state index < -0.39 is 0 Å². The van der Waals surface area contributed by atoms with E-state index in [2.05, 4.69) is 22.0 Å². The SMILES string of the molecule is Cc1nc2cc(NC(=O)C(C)C)cc(C(=O)N3CCSCC3)c2n1Cc1ccccc1. The summed E-state index contributed by atoms with van der Waals surface area (Å²) in [5.41, 5.74) is 3.91. The zero-order valence-corrected chi connectivity index (χ0v) is 19.0. The van der Waals surface area contributed by atoms with E-state index in [9.17, 15) is 9.59 Å². The molecule has 4 rings (SSSR count). The van der Waals surface area contributed by atoms with Crippen LogP contribution in [0.1, 0.15) is 35.6 Å². The minimum atomic E-state index is -0.147. The van der Waals surface area contributed by atoms with Crippen LogP contribution in [0.2, 0.25) is 0 Å². The molecule has 0 radical (unpaired) electrons. The molecule has 2 heterocycles. The Hall–Kier alpha value is -2.80. The number of carbonyl (C=O) groups excluding carboxylic acids is 2. The number of nitrogens with one attached hydrogen (secondary N) is 1. The Kier molecular flexibility index (Phi) is 6.32. The second-order valence-corrected chi connectivity index (χ2v) is 9.40. The molecule has 6 nitrogen and oxygen atoms in total. The lowest BCUT2D eigenvalue weighted by Gasteiger charge is -2.27. The van der Waals surface area contributed by atoms with Gasteiger partial charge in [-0.2, -0.15) is 11.8 Å². The summed E-state index contributed by atoms with van der Waals surface area (Å²) in [7, 11) is 0. The smallest absolute Gasteiger partial charge is 0.256 e. The van der Waals surface area contributed by atoms with E-state index in [4.69, 9.17) is 4.98 Å². The van der Waals surface area contributed by atoms with Crippen molar-refractivity contribution >= 4 is 40.3 Å². The number of hydrogen-bond donors (Lipinski definition) is 1. The molecule has 1 aliphatic rings. The standard InChI is InChI=1S/C24H28N4O2S/c1-16(2)23(29)26-19-13-20(24(30)27-9-11-31-12-10-27)22-21(14-19)25-17(3)28(22)15-18-7-5-4-6-8-18/h4-8,13-14,16H,9-12,15H2,1-3H3,(H,26,29). The number of aromatic nitrogens is 2. The summed E-state index contributed by atoms with van der Waals surface area (Å²) in [4.78, 5) is 32.5. The third-order valence-electron chi connectivity index (χ3n) is 5.54. The van der Waals surface area contributed by atoms with E-state index in [0.717, 1.165) is 47.0 Å². The Morgan fingerprint density at radius 2 is 1.84 bits per heavy atom. The lowest BCUT2D eigenvalue weighted by atomic mass is 10.1. The maximum Gasteiger partial charge on any atom is 0.256 e. The molecule has 1 aliphatic heterocycles. The van der Waals surface area contributed by atoms with Crippen LogP contribution in [0.4, 0.5) is 5.69 Å². The molecule has 0 spiro atoms. The van der Waals surface area contributed by atoms with Crippen molar-refractivity contribution in [2.24, 2.45) is 5.92 Å². The maximum atomic E-state index is 13.6. The fourth-order valence-corrected chi connectivity index (χ4v) is 4.71. The summed E-state index contributed by atoms with van der Waals surface area (Å²) in [6, 6.07) is 13.9. The first-order valence-corrected chi connectivity index (χ1v) is 11.8. The normalized spacial score (nSPS) is 14.3. The number of aryl methyl sites for hydroxylation is 1. The fraction of sp³-hybridized carbons (Fsp3) is 0.375. The van der Waals surface area contributed by atoms with Gasteiger partial charge in [-0.3, -0.25) is 9.59 Å². The Labute approximate surface area is 187 Å². The molecule has 0 unspecified atom stereocenters. The van der Waals surface area contributed by atoms with E-state index in [-0.39, 0.29) is 17.7 Å². The highest BCUT2D eigenvalue weighted by Gasteiger charge is 2.24. The first kappa shape index (κ1) is 21.4. The van der Waals surface area contributed by atoms with Crippen LogP contribution in [0.15, 0.2) is 42.5 Å². The third-order valence-corrected chi connectivity index (χ3v) is 6.48. The molecule has 0 atom stereocenters. The molecule has 1 fully saturated rings. The number of nitrogens with zero attached hydrogens (tertiary/aromatic N) is 3. The van der Waals surface area contributed by atoms with Crippen LogP contribution in [0.3, 0.4) is 0 Å². The monoisotopic (exact) mass is 436 g/mol. The summed E-state index contributed by atoms with van der Waals surface area (Å²) < 4.78 is 2.10. The largest absolute Gasteiger partial charge is 0.337 e. The summed E-state index contributed by atoms with van der Waals surface area (Å²) in [5, 5.41) is 2.95. The summed E-state index contributed by atoms with van der Waals surface area (Å²) in [6.07, 6.45) is 0. The molecule has 1 aromatic heterocycles. The maximum absolute atomic E-state index is 13.6. The highest BCUT2D eigenvalue weighted by Crippen LogP contribution is 2.28. The first-order chi connectivity index (χ1) is 14.9. The number of amides is 2. The van der Waals surface area contributed by atoms with Crippen molar-refractivity contribution in [2.75, 3.05) is 29.9 Å². The number of benzene rings is 2. The average Bonchev–Trinajstić information content (AvgIpc) is 3.08. The predicted octanol–water partition coefficient (Wildman–Crippen LogP) is 4.18. The number of imidazole rings is 1. The van der Waals surface area contributed by atoms with Crippen molar-refractivity contribution in [1.29, 1.82) is 0 Å². The van der Waals surface area contributed by atoms with Crippen LogP contribution in [0.5, 0.6) is 0 Å². The van der Waals surface area contributed by atoms with E-state index >= 15 is 0 Å². The molecule has 1 N–H and O–H groups in total. The molecule has 2 amide bonds. The predicted molar refractivity (Wildman–Crippen MR) is 127 cm³/mol. The van der Waals surface area contributed by atoms with Crippen LogP contribution in [-0.2, 0) is 11.3 Å². The average molecular weight is 437 g/mol. The van der Waals surface area contributed by atoms with Gasteiger partial charge in [-0.1, -0.05) is 44.2 Å².